The van der Waals surface area contributed by atoms with Crippen molar-refractivity contribution >= 4 is 28.4 Å². The molecule has 9 nitrogen and oxygen atoms in total. The van der Waals surface area contributed by atoms with E-state index in [2.05, 4.69) is 33.9 Å². The van der Waals surface area contributed by atoms with E-state index >= 15 is 0 Å². The van der Waals surface area contributed by atoms with Gasteiger partial charge in [0, 0.05) is 57.5 Å². The highest BCUT2D eigenvalue weighted by Gasteiger charge is 2.27. The van der Waals surface area contributed by atoms with Gasteiger partial charge in [-0.15, -0.1) is 0 Å². The topological polar surface area (TPSA) is 85.7 Å². The zero-order valence-electron chi connectivity index (χ0n) is 21.0. The van der Waals surface area contributed by atoms with Crippen molar-refractivity contribution in [3.05, 3.63) is 59.3 Å². The molecule has 0 atom stereocenters. The summed E-state index contributed by atoms with van der Waals surface area (Å²) in [6.07, 6.45) is 1.97. The molecule has 35 heavy (non-hydrogen) atoms. The normalized spacial score (nSPS) is 13.1. The van der Waals surface area contributed by atoms with Gasteiger partial charge in [0.25, 0.3) is 5.91 Å². The van der Waals surface area contributed by atoms with E-state index in [1.54, 1.807) is 21.6 Å². The summed E-state index contributed by atoms with van der Waals surface area (Å²) < 4.78 is 1.78. The van der Waals surface area contributed by atoms with Gasteiger partial charge in [0.1, 0.15) is 6.54 Å². The van der Waals surface area contributed by atoms with E-state index in [0.29, 0.717) is 26.2 Å². The Labute approximate surface area is 206 Å². The minimum atomic E-state index is -0.116. The average molecular weight is 478 g/mol. The highest BCUT2D eigenvalue weighted by molar-refractivity contribution is 5.88. The van der Waals surface area contributed by atoms with Crippen LogP contribution in [-0.4, -0.2) is 76.3 Å². The third kappa shape index (κ3) is 5.80. The summed E-state index contributed by atoms with van der Waals surface area (Å²) in [5.41, 5.74) is 5.25. The Bertz CT molecular complexity index is 1180. The number of carbonyl (C=O) groups excluding carboxylic acids is 2. The summed E-state index contributed by atoms with van der Waals surface area (Å²) in [4.78, 5) is 28.0. The fraction of sp³-hybridized carbons (Fsp3) is 0.423. The van der Waals surface area contributed by atoms with Crippen molar-refractivity contribution in [1.29, 1.82) is 0 Å². The van der Waals surface area contributed by atoms with Crippen LogP contribution < -0.4 is 10.6 Å². The number of benzene rings is 2. The summed E-state index contributed by atoms with van der Waals surface area (Å²) in [5.74, 6) is -0.219. The Morgan fingerprint density at radius 1 is 1.11 bits per heavy atom. The maximum Gasteiger partial charge on any atom is 0.256 e. The lowest BCUT2D eigenvalue weighted by Crippen LogP contribution is -2.49. The number of hydrazine groups is 1. The average Bonchev–Trinajstić information content (AvgIpc) is 3.43. The molecule has 1 aliphatic heterocycles. The Balaban J connectivity index is 1.39. The number of hydrogen-bond donors (Lipinski definition) is 2. The van der Waals surface area contributed by atoms with Crippen molar-refractivity contribution in [3.63, 3.8) is 0 Å². The van der Waals surface area contributed by atoms with Crippen molar-refractivity contribution in [2.24, 2.45) is 7.05 Å². The van der Waals surface area contributed by atoms with Gasteiger partial charge in [0.2, 0.25) is 5.91 Å². The van der Waals surface area contributed by atoms with E-state index in [9.17, 15) is 9.59 Å². The summed E-state index contributed by atoms with van der Waals surface area (Å²) in [6, 6.07) is 12.2. The number of anilines is 1. The van der Waals surface area contributed by atoms with Gasteiger partial charge in [0.15, 0.2) is 0 Å². The molecule has 0 spiro atoms. The van der Waals surface area contributed by atoms with Crippen LogP contribution in [0.15, 0.2) is 42.6 Å². The number of aromatic nitrogens is 2. The molecule has 1 aromatic heterocycles. The van der Waals surface area contributed by atoms with Crippen LogP contribution in [0, 0.1) is 6.92 Å². The van der Waals surface area contributed by atoms with Crippen molar-refractivity contribution < 1.29 is 9.59 Å². The maximum absolute atomic E-state index is 13.2. The maximum atomic E-state index is 13.2. The smallest absolute Gasteiger partial charge is 0.256 e. The lowest BCUT2D eigenvalue weighted by molar-refractivity contribution is -0.151. The second kappa shape index (κ2) is 10.9. The molecule has 0 fully saturated rings. The molecule has 186 valence electrons. The molecule has 9 heteroatoms. The first-order chi connectivity index (χ1) is 16.9. The van der Waals surface area contributed by atoms with Crippen LogP contribution in [0.1, 0.15) is 23.6 Å². The second-order valence-electron chi connectivity index (χ2n) is 9.06. The number of nitrogens with zero attached hydrogens (tertiary/aromatic N) is 5. The Hall–Kier alpha value is -3.43. The number of likely N-dealkylation sites (N-methyl/N-ethyl adjacent to an activating group) is 2. The monoisotopic (exact) mass is 477 g/mol. The van der Waals surface area contributed by atoms with Crippen LogP contribution in [0.25, 0.3) is 10.9 Å². The Morgan fingerprint density at radius 2 is 1.83 bits per heavy atom. The molecule has 0 radical (unpaired) electrons. The number of fused-ring (bicyclic) bond motifs is 2. The van der Waals surface area contributed by atoms with Gasteiger partial charge in [-0.25, -0.2) is 5.01 Å². The quantitative estimate of drug-likeness (QED) is 0.435. The molecule has 0 aliphatic carbocycles. The number of aryl methyl sites for hydroxylation is 2. The minimum absolute atomic E-state index is 0.0352. The first kappa shape index (κ1) is 24.7. The van der Waals surface area contributed by atoms with E-state index in [-0.39, 0.29) is 24.9 Å². The predicted molar refractivity (Wildman–Crippen MR) is 138 cm³/mol. The molecule has 2 aromatic carbocycles. The zero-order chi connectivity index (χ0) is 24.9. The van der Waals surface area contributed by atoms with Gasteiger partial charge >= 0.3 is 0 Å². The van der Waals surface area contributed by atoms with Crippen molar-refractivity contribution in [2.45, 2.75) is 26.9 Å². The standard InChI is InChI=1S/C26H35N7O2/c1-5-27-10-11-32(18-26(35)31(4)33-16-20-8-6-7-9-21(20)17-33)25(34)14-28-23-13-24-22(12-19(23)2)15-30(3)29-24/h6-9,12-13,15,27-28H,5,10-11,14,16-18H2,1-4H3. The summed E-state index contributed by atoms with van der Waals surface area (Å²) in [6.45, 7) is 7.47. The lowest BCUT2D eigenvalue weighted by atomic mass is 10.1. The van der Waals surface area contributed by atoms with E-state index in [0.717, 1.165) is 28.7 Å². The summed E-state index contributed by atoms with van der Waals surface area (Å²) in [7, 11) is 3.67. The molecule has 2 heterocycles. The van der Waals surface area contributed by atoms with E-state index in [1.807, 2.05) is 50.3 Å². The van der Waals surface area contributed by atoms with E-state index < -0.39 is 0 Å². The third-order valence-corrected chi connectivity index (χ3v) is 6.49. The van der Waals surface area contributed by atoms with E-state index in [4.69, 9.17) is 0 Å². The number of carbonyl (C=O) groups is 2. The van der Waals surface area contributed by atoms with Gasteiger partial charge in [-0.2, -0.15) is 5.10 Å². The van der Waals surface area contributed by atoms with Crippen LogP contribution in [0.2, 0.25) is 0 Å². The summed E-state index contributed by atoms with van der Waals surface area (Å²) in [5, 5.41) is 15.7. The first-order valence-electron chi connectivity index (χ1n) is 12.1. The highest BCUT2D eigenvalue weighted by atomic mass is 16.2. The molecule has 3 aromatic rings. The molecule has 2 N–H and O–H groups in total. The fourth-order valence-corrected chi connectivity index (χ4v) is 4.42. The molecule has 0 bridgehead atoms. The first-order valence-corrected chi connectivity index (χ1v) is 12.1. The van der Waals surface area contributed by atoms with Crippen LogP contribution >= 0.6 is 0 Å². The molecule has 0 saturated heterocycles. The van der Waals surface area contributed by atoms with Gasteiger partial charge < -0.3 is 15.5 Å². The molecule has 0 unspecified atom stereocenters. The van der Waals surface area contributed by atoms with Gasteiger partial charge in [-0.1, -0.05) is 31.2 Å². The zero-order valence-corrected chi connectivity index (χ0v) is 21.0. The van der Waals surface area contributed by atoms with Crippen LogP contribution in [-0.2, 0) is 29.7 Å². The molecular formula is C26H35N7O2. The molecular weight excluding hydrogens is 442 g/mol. The third-order valence-electron chi connectivity index (χ3n) is 6.49. The fourth-order valence-electron chi connectivity index (χ4n) is 4.42. The Morgan fingerprint density at radius 3 is 2.51 bits per heavy atom. The molecule has 1 aliphatic rings. The van der Waals surface area contributed by atoms with Crippen LogP contribution in [0.4, 0.5) is 5.69 Å². The number of hydrogen-bond acceptors (Lipinski definition) is 6. The van der Waals surface area contributed by atoms with Crippen LogP contribution in [0.3, 0.4) is 0 Å². The number of rotatable bonds is 10. The van der Waals surface area contributed by atoms with E-state index in [1.165, 1.54) is 11.1 Å². The number of amides is 2. The van der Waals surface area contributed by atoms with Crippen molar-refractivity contribution in [2.75, 3.05) is 45.1 Å². The largest absolute Gasteiger partial charge is 0.376 e. The van der Waals surface area contributed by atoms with Gasteiger partial charge in [-0.05, 0) is 42.3 Å². The molecule has 0 saturated carbocycles. The minimum Gasteiger partial charge on any atom is -0.376 e. The van der Waals surface area contributed by atoms with Gasteiger partial charge in [-0.3, -0.25) is 19.3 Å². The SMILES string of the molecule is CCNCCN(CC(=O)N(C)N1Cc2ccccc2C1)C(=O)CNc1cc2nn(C)cc2cc1C. The Kier molecular flexibility index (Phi) is 7.67. The highest BCUT2D eigenvalue weighted by Crippen LogP contribution is 2.24. The predicted octanol–water partition coefficient (Wildman–Crippen LogP) is 2.12. The lowest BCUT2D eigenvalue weighted by Gasteiger charge is -2.31. The summed E-state index contributed by atoms with van der Waals surface area (Å²) >= 11 is 0. The molecule has 2 amide bonds. The van der Waals surface area contributed by atoms with Crippen molar-refractivity contribution in [3.8, 4) is 0 Å². The van der Waals surface area contributed by atoms with Crippen LogP contribution in [0.5, 0.6) is 0 Å². The number of nitrogens with one attached hydrogen (secondary N) is 2. The molecule has 4 rings (SSSR count). The van der Waals surface area contributed by atoms with Gasteiger partial charge in [0.05, 0.1) is 12.1 Å². The van der Waals surface area contributed by atoms with Crippen molar-refractivity contribution in [1.82, 2.24) is 30.0 Å². The second-order valence-corrected chi connectivity index (χ2v) is 9.06.